The van der Waals surface area contributed by atoms with E-state index in [0.29, 0.717) is 0 Å². The van der Waals surface area contributed by atoms with E-state index in [9.17, 15) is 0 Å². The minimum atomic E-state index is 0.838. The molecule has 0 unspecified atom stereocenters. The number of hydrogen-bond donors (Lipinski definition) is 0. The van der Waals surface area contributed by atoms with Crippen molar-refractivity contribution in [3.8, 4) is 22.3 Å². The van der Waals surface area contributed by atoms with E-state index < -0.39 is 0 Å². The predicted octanol–water partition coefficient (Wildman–Crippen LogP) is 13.4. The van der Waals surface area contributed by atoms with Crippen LogP contribution < -0.4 is 4.90 Å². The van der Waals surface area contributed by atoms with Crippen LogP contribution in [0.15, 0.2) is 185 Å². The molecule has 0 saturated carbocycles. The summed E-state index contributed by atoms with van der Waals surface area (Å²) in [6, 6.07) is 62.0. The summed E-state index contributed by atoms with van der Waals surface area (Å²) in [4.78, 5) is 2.36. The van der Waals surface area contributed by atoms with Gasteiger partial charge in [-0.1, -0.05) is 127 Å². The van der Waals surface area contributed by atoms with E-state index in [0.717, 1.165) is 94.0 Å². The van der Waals surface area contributed by atoms with E-state index in [1.807, 2.05) is 12.1 Å². The average molecular weight is 628 g/mol. The van der Waals surface area contributed by atoms with Crippen molar-refractivity contribution in [2.45, 2.75) is 0 Å². The molecule has 0 atom stereocenters. The number of rotatable bonds is 5. The van der Waals surface area contributed by atoms with Crippen molar-refractivity contribution in [3.05, 3.63) is 176 Å². The number of para-hydroxylation sites is 2. The van der Waals surface area contributed by atoms with Crippen LogP contribution in [0.5, 0.6) is 0 Å². The molecule has 8 aromatic carbocycles. The Bertz CT molecular complexity index is 2770. The van der Waals surface area contributed by atoms with Gasteiger partial charge in [-0.05, 0) is 76.2 Å². The zero-order valence-electron chi connectivity index (χ0n) is 26.5. The van der Waals surface area contributed by atoms with Gasteiger partial charge in [0.05, 0.1) is 16.8 Å². The van der Waals surface area contributed by atoms with Gasteiger partial charge in [0.15, 0.2) is 5.58 Å². The Labute approximate surface area is 282 Å². The minimum absolute atomic E-state index is 0.838. The maximum atomic E-state index is 6.71. The molecule has 0 saturated heterocycles. The van der Waals surface area contributed by atoms with Gasteiger partial charge in [0.1, 0.15) is 16.7 Å². The molecule has 3 heteroatoms. The number of fused-ring (bicyclic) bond motifs is 8. The van der Waals surface area contributed by atoms with Gasteiger partial charge in [-0.3, -0.25) is 0 Å². The molecule has 10 aromatic rings. The van der Waals surface area contributed by atoms with E-state index in [1.165, 1.54) is 0 Å². The van der Waals surface area contributed by atoms with E-state index in [2.05, 4.69) is 169 Å². The first-order valence-electron chi connectivity index (χ1n) is 16.6. The molecule has 0 bridgehead atoms. The van der Waals surface area contributed by atoms with Crippen LogP contribution in [0.2, 0.25) is 0 Å². The molecule has 49 heavy (non-hydrogen) atoms. The lowest BCUT2D eigenvalue weighted by Gasteiger charge is -2.27. The quantitative estimate of drug-likeness (QED) is 0.190. The molecular weight excluding hydrogens is 599 g/mol. The molecule has 0 radical (unpaired) electrons. The van der Waals surface area contributed by atoms with Crippen LogP contribution in [0.3, 0.4) is 0 Å². The molecule has 0 fully saturated rings. The zero-order chi connectivity index (χ0) is 32.3. The summed E-state index contributed by atoms with van der Waals surface area (Å²) in [7, 11) is 0. The first-order chi connectivity index (χ1) is 24.3. The third-order valence-electron chi connectivity index (χ3n) is 9.62. The van der Waals surface area contributed by atoms with Crippen molar-refractivity contribution < 1.29 is 8.83 Å². The van der Waals surface area contributed by atoms with Gasteiger partial charge in [0, 0.05) is 27.2 Å². The van der Waals surface area contributed by atoms with Crippen molar-refractivity contribution in [2.75, 3.05) is 4.90 Å². The number of anilines is 3. The zero-order valence-corrected chi connectivity index (χ0v) is 26.5. The van der Waals surface area contributed by atoms with Gasteiger partial charge in [-0.2, -0.15) is 0 Å². The lowest BCUT2D eigenvalue weighted by atomic mass is 9.97. The molecule has 0 aliphatic rings. The maximum absolute atomic E-state index is 6.71. The van der Waals surface area contributed by atoms with Crippen LogP contribution in [-0.4, -0.2) is 0 Å². The normalized spacial score (nSPS) is 11.7. The molecule has 0 N–H and O–H groups in total. The highest BCUT2D eigenvalue weighted by Gasteiger charge is 2.24. The Morgan fingerprint density at radius 1 is 0.347 bits per heavy atom. The fourth-order valence-corrected chi connectivity index (χ4v) is 7.37. The maximum Gasteiger partial charge on any atom is 0.159 e. The van der Waals surface area contributed by atoms with Crippen LogP contribution >= 0.6 is 0 Å². The third kappa shape index (κ3) is 4.44. The summed E-state index contributed by atoms with van der Waals surface area (Å²) in [6.45, 7) is 0. The SMILES string of the molecule is c1ccc(-c2cc(-c3ccccc3)cc(N(c3cccc4c3oc3ccccc34)c3cccc4oc5c6ccccc6ccc5c34)c2)cc1. The standard InChI is InChI=1S/C46H29NO2/c1-3-13-30(14-4-1)33-27-34(31-15-5-2-6-16-31)29-35(28-33)47(41-22-11-20-38-37-19-9-10-23-42(37)48-46(38)41)40-21-12-24-43-44(40)39-26-25-32-17-7-8-18-36(32)45(39)49-43/h1-29H. The van der Waals surface area contributed by atoms with Crippen LogP contribution in [0.25, 0.3) is 76.9 Å². The molecule has 0 spiro atoms. The summed E-state index contributed by atoms with van der Waals surface area (Å²) >= 11 is 0. The summed E-state index contributed by atoms with van der Waals surface area (Å²) in [5.74, 6) is 0. The minimum Gasteiger partial charge on any atom is -0.455 e. The van der Waals surface area contributed by atoms with Gasteiger partial charge in [0.25, 0.3) is 0 Å². The lowest BCUT2D eigenvalue weighted by molar-refractivity contribution is 0.669. The molecule has 3 nitrogen and oxygen atoms in total. The van der Waals surface area contributed by atoms with Gasteiger partial charge in [-0.15, -0.1) is 0 Å². The molecule has 10 rings (SSSR count). The predicted molar refractivity (Wildman–Crippen MR) is 204 cm³/mol. The molecule has 2 heterocycles. The number of benzene rings is 8. The molecular formula is C46H29NO2. The van der Waals surface area contributed by atoms with Crippen molar-refractivity contribution in [2.24, 2.45) is 0 Å². The summed E-state index contributed by atoms with van der Waals surface area (Å²) in [6.07, 6.45) is 0. The fraction of sp³-hybridized carbons (Fsp3) is 0. The first kappa shape index (κ1) is 27.5. The van der Waals surface area contributed by atoms with Crippen LogP contribution in [0.1, 0.15) is 0 Å². The Kier molecular flexibility index (Phi) is 6.18. The van der Waals surface area contributed by atoms with E-state index in [-0.39, 0.29) is 0 Å². The largest absolute Gasteiger partial charge is 0.455 e. The van der Waals surface area contributed by atoms with E-state index in [4.69, 9.17) is 8.83 Å². The van der Waals surface area contributed by atoms with Gasteiger partial charge in [0.2, 0.25) is 0 Å². The van der Waals surface area contributed by atoms with Gasteiger partial charge >= 0.3 is 0 Å². The fourth-order valence-electron chi connectivity index (χ4n) is 7.37. The van der Waals surface area contributed by atoms with Crippen LogP contribution in [-0.2, 0) is 0 Å². The number of hydrogen-bond acceptors (Lipinski definition) is 3. The number of nitrogens with zero attached hydrogens (tertiary/aromatic N) is 1. The molecule has 230 valence electrons. The highest BCUT2D eigenvalue weighted by Crippen LogP contribution is 2.48. The highest BCUT2D eigenvalue weighted by atomic mass is 16.3. The Morgan fingerprint density at radius 3 is 1.71 bits per heavy atom. The molecule has 0 amide bonds. The first-order valence-corrected chi connectivity index (χ1v) is 16.6. The Balaban J connectivity index is 1.33. The summed E-state index contributed by atoms with van der Waals surface area (Å²) in [5.41, 5.74) is 11.0. The van der Waals surface area contributed by atoms with Crippen molar-refractivity contribution in [3.63, 3.8) is 0 Å². The Morgan fingerprint density at radius 2 is 0.939 bits per heavy atom. The van der Waals surface area contributed by atoms with E-state index >= 15 is 0 Å². The van der Waals surface area contributed by atoms with Crippen LogP contribution in [0, 0.1) is 0 Å². The second-order valence-electron chi connectivity index (χ2n) is 12.5. The van der Waals surface area contributed by atoms with Crippen molar-refractivity contribution in [1.82, 2.24) is 0 Å². The molecule has 0 aliphatic heterocycles. The second-order valence-corrected chi connectivity index (χ2v) is 12.5. The smallest absolute Gasteiger partial charge is 0.159 e. The molecule has 0 aliphatic carbocycles. The van der Waals surface area contributed by atoms with Crippen molar-refractivity contribution in [1.29, 1.82) is 0 Å². The second kappa shape index (κ2) is 11.0. The van der Waals surface area contributed by atoms with Gasteiger partial charge < -0.3 is 13.7 Å². The van der Waals surface area contributed by atoms with E-state index in [1.54, 1.807) is 0 Å². The highest BCUT2D eigenvalue weighted by molar-refractivity contribution is 6.20. The third-order valence-corrected chi connectivity index (χ3v) is 9.62. The summed E-state index contributed by atoms with van der Waals surface area (Å²) < 4.78 is 13.4. The summed E-state index contributed by atoms with van der Waals surface area (Å²) in [5, 5.41) is 6.57. The Hall–Kier alpha value is -6.58. The van der Waals surface area contributed by atoms with Gasteiger partial charge in [-0.25, -0.2) is 0 Å². The number of furan rings is 2. The topological polar surface area (TPSA) is 29.5 Å². The average Bonchev–Trinajstić information content (AvgIpc) is 3.75. The van der Waals surface area contributed by atoms with Crippen molar-refractivity contribution >= 4 is 71.7 Å². The lowest BCUT2D eigenvalue weighted by Crippen LogP contribution is -2.11. The monoisotopic (exact) mass is 627 g/mol. The molecule has 2 aromatic heterocycles. The van der Waals surface area contributed by atoms with Crippen LogP contribution in [0.4, 0.5) is 17.1 Å².